The van der Waals surface area contributed by atoms with Crippen molar-refractivity contribution in [1.82, 2.24) is 19.6 Å². The molecule has 3 aromatic rings. The summed E-state index contributed by atoms with van der Waals surface area (Å²) in [6.45, 7) is 14.7. The van der Waals surface area contributed by atoms with Crippen LogP contribution < -0.4 is 0 Å². The Kier molecular flexibility index (Phi) is 3.64. The first-order valence-corrected chi connectivity index (χ1v) is 15.1. The van der Waals surface area contributed by atoms with Crippen molar-refractivity contribution >= 4 is 27.2 Å². The number of para-hydroxylation sites is 1. The molecule has 23 heavy (non-hydrogen) atoms. The number of rotatable bonds is 4. The summed E-state index contributed by atoms with van der Waals surface area (Å²) < 4.78 is 4.65. The molecule has 3 rings (SSSR count). The summed E-state index contributed by atoms with van der Waals surface area (Å²) in [5.41, 5.74) is 2.10. The summed E-state index contributed by atoms with van der Waals surface area (Å²) in [6.07, 6.45) is 4.40. The molecule has 2 heterocycles. The van der Waals surface area contributed by atoms with Gasteiger partial charge in [-0.1, -0.05) is 56.6 Å². The van der Waals surface area contributed by atoms with E-state index in [4.69, 9.17) is 0 Å². The first-order chi connectivity index (χ1) is 10.7. The van der Waals surface area contributed by atoms with E-state index in [9.17, 15) is 0 Å². The van der Waals surface area contributed by atoms with Crippen molar-refractivity contribution < 1.29 is 0 Å². The molecule has 0 saturated heterocycles. The Labute approximate surface area is 140 Å². The van der Waals surface area contributed by atoms with Crippen LogP contribution in [0.2, 0.25) is 39.3 Å². The normalized spacial score (nSPS) is 13.7. The highest BCUT2D eigenvalue weighted by atomic mass is 28.4. The largest absolute Gasteiger partial charge is 0.335 e. The molecule has 0 bridgehead atoms. The van der Waals surface area contributed by atoms with Crippen molar-refractivity contribution in [2.45, 2.75) is 44.2 Å². The van der Waals surface area contributed by atoms with Gasteiger partial charge in [-0.2, -0.15) is 0 Å². The van der Waals surface area contributed by atoms with E-state index < -0.39 is 16.1 Å². The fourth-order valence-corrected chi connectivity index (χ4v) is 16.8. The first kappa shape index (κ1) is 16.2. The number of aromatic nitrogens is 4. The SMILES string of the molecule is C[Si](C)(C)C(n1cccc1)(n1nnc2ccccc21)[Si](C)(C)C. The van der Waals surface area contributed by atoms with Gasteiger partial charge in [-0.15, -0.1) is 5.10 Å². The van der Waals surface area contributed by atoms with E-state index in [1.165, 1.54) is 0 Å². The average molecular weight is 343 g/mol. The quantitative estimate of drug-likeness (QED) is 0.667. The Hall–Kier alpha value is -1.67. The third-order valence-corrected chi connectivity index (χ3v) is 14.4. The van der Waals surface area contributed by atoms with Crippen molar-refractivity contribution in [2.24, 2.45) is 0 Å². The zero-order valence-corrected chi connectivity index (χ0v) is 16.9. The van der Waals surface area contributed by atoms with Gasteiger partial charge in [0.2, 0.25) is 0 Å². The molecule has 0 spiro atoms. The molecule has 0 unspecified atom stereocenters. The lowest BCUT2D eigenvalue weighted by atomic mass is 10.3. The lowest BCUT2D eigenvalue weighted by Crippen LogP contribution is -2.71. The maximum absolute atomic E-state index is 4.67. The zero-order valence-electron chi connectivity index (χ0n) is 14.9. The molecule has 6 heteroatoms. The van der Waals surface area contributed by atoms with Crippen LogP contribution >= 0.6 is 0 Å². The first-order valence-electron chi connectivity index (χ1n) is 8.14. The molecule has 0 aliphatic rings. The van der Waals surface area contributed by atoms with Crippen molar-refractivity contribution in [2.75, 3.05) is 0 Å². The molecule has 0 N–H and O–H groups in total. The van der Waals surface area contributed by atoms with Crippen LogP contribution in [0.5, 0.6) is 0 Å². The minimum absolute atomic E-state index is 0.112. The summed E-state index contributed by atoms with van der Waals surface area (Å²) in [5.74, 6) is 0. The van der Waals surface area contributed by atoms with Crippen LogP contribution in [-0.2, 0) is 4.91 Å². The molecule has 2 aromatic heterocycles. The second kappa shape index (κ2) is 5.17. The maximum atomic E-state index is 4.67. The van der Waals surface area contributed by atoms with Crippen LogP contribution in [0, 0.1) is 0 Å². The minimum atomic E-state index is -1.71. The third kappa shape index (κ3) is 2.23. The van der Waals surface area contributed by atoms with Crippen molar-refractivity contribution in [3.8, 4) is 0 Å². The summed E-state index contributed by atoms with van der Waals surface area (Å²) in [6, 6.07) is 12.5. The van der Waals surface area contributed by atoms with E-state index in [-0.39, 0.29) is 4.91 Å². The van der Waals surface area contributed by atoms with E-state index in [1.807, 2.05) is 12.1 Å². The summed E-state index contributed by atoms with van der Waals surface area (Å²) >= 11 is 0. The summed E-state index contributed by atoms with van der Waals surface area (Å²) in [7, 11) is -3.43. The fourth-order valence-electron chi connectivity index (χ4n) is 4.30. The van der Waals surface area contributed by atoms with Gasteiger partial charge in [0.1, 0.15) is 10.4 Å². The van der Waals surface area contributed by atoms with Crippen LogP contribution in [0.15, 0.2) is 48.8 Å². The second-order valence-electron chi connectivity index (χ2n) is 8.25. The van der Waals surface area contributed by atoms with Crippen LogP contribution in [0.25, 0.3) is 11.0 Å². The Morgan fingerprint density at radius 2 is 1.39 bits per heavy atom. The monoisotopic (exact) mass is 342 g/mol. The molecule has 0 saturated carbocycles. The van der Waals surface area contributed by atoms with Gasteiger partial charge in [-0.25, -0.2) is 4.68 Å². The molecule has 4 nitrogen and oxygen atoms in total. The Bertz CT molecular complexity index is 793. The highest BCUT2D eigenvalue weighted by Gasteiger charge is 2.56. The molecule has 0 aliphatic carbocycles. The Morgan fingerprint density at radius 1 is 0.826 bits per heavy atom. The number of hydrogen-bond acceptors (Lipinski definition) is 2. The van der Waals surface area contributed by atoms with E-state index in [0.29, 0.717) is 0 Å². The van der Waals surface area contributed by atoms with Gasteiger partial charge in [0.15, 0.2) is 0 Å². The molecule has 122 valence electrons. The van der Waals surface area contributed by atoms with Gasteiger partial charge in [-0.05, 0) is 24.3 Å². The molecule has 0 amide bonds. The van der Waals surface area contributed by atoms with Crippen molar-refractivity contribution in [1.29, 1.82) is 0 Å². The Morgan fingerprint density at radius 3 is 1.96 bits per heavy atom. The Balaban J connectivity index is 2.46. The molecule has 0 aliphatic heterocycles. The number of hydrogen-bond donors (Lipinski definition) is 0. The zero-order chi connectivity index (χ0) is 16.9. The van der Waals surface area contributed by atoms with Crippen molar-refractivity contribution in [3.63, 3.8) is 0 Å². The molecular weight excluding hydrogens is 316 g/mol. The van der Waals surface area contributed by atoms with Crippen LogP contribution in [0.3, 0.4) is 0 Å². The van der Waals surface area contributed by atoms with Gasteiger partial charge in [0.05, 0.1) is 21.7 Å². The third-order valence-electron chi connectivity index (χ3n) is 4.73. The predicted molar refractivity (Wildman–Crippen MR) is 102 cm³/mol. The highest BCUT2D eigenvalue weighted by Crippen LogP contribution is 2.40. The van der Waals surface area contributed by atoms with Crippen LogP contribution in [-0.4, -0.2) is 35.7 Å². The molecule has 0 atom stereocenters. The number of nitrogens with zero attached hydrogens (tertiary/aromatic N) is 4. The van der Waals surface area contributed by atoms with E-state index in [0.717, 1.165) is 11.0 Å². The smallest absolute Gasteiger partial charge is 0.113 e. The van der Waals surface area contributed by atoms with Gasteiger partial charge >= 0.3 is 0 Å². The van der Waals surface area contributed by atoms with E-state index in [1.54, 1.807) is 0 Å². The van der Waals surface area contributed by atoms with Crippen molar-refractivity contribution in [3.05, 3.63) is 48.8 Å². The van der Waals surface area contributed by atoms with E-state index >= 15 is 0 Å². The van der Waals surface area contributed by atoms with Gasteiger partial charge in [0.25, 0.3) is 0 Å². The van der Waals surface area contributed by atoms with Gasteiger partial charge in [0, 0.05) is 12.4 Å². The average Bonchev–Trinajstić information content (AvgIpc) is 3.07. The number of fused-ring (bicyclic) bond motifs is 1. The molecular formula is C17H26N4Si2. The fraction of sp³-hybridized carbons (Fsp3) is 0.412. The molecule has 1 aromatic carbocycles. The van der Waals surface area contributed by atoms with Crippen LogP contribution in [0.1, 0.15) is 0 Å². The summed E-state index contributed by atoms with van der Waals surface area (Å²) in [4.78, 5) is -0.112. The standard InChI is InChI=1S/C17H26N4Si2/c1-22(2,3)17(23(4,5)6,20-13-9-10-14-20)21-16-12-8-7-11-15(16)18-19-21/h7-14H,1-6H3. The van der Waals surface area contributed by atoms with Gasteiger partial charge in [-0.3, -0.25) is 0 Å². The van der Waals surface area contributed by atoms with E-state index in [2.05, 4.69) is 95.5 Å². The minimum Gasteiger partial charge on any atom is -0.335 e. The highest BCUT2D eigenvalue weighted by molar-refractivity contribution is 6.97. The van der Waals surface area contributed by atoms with Crippen LogP contribution in [0.4, 0.5) is 0 Å². The predicted octanol–water partition coefficient (Wildman–Crippen LogP) is 4.19. The second-order valence-corrected chi connectivity index (χ2v) is 19.1. The van der Waals surface area contributed by atoms with Gasteiger partial charge < -0.3 is 4.57 Å². The summed E-state index contributed by atoms with van der Waals surface area (Å²) in [5, 5.41) is 9.14. The lowest BCUT2D eigenvalue weighted by Gasteiger charge is -2.52. The molecule has 0 radical (unpaired) electrons. The maximum Gasteiger partial charge on any atom is 0.113 e. The number of benzene rings is 1. The molecule has 0 fully saturated rings. The topological polar surface area (TPSA) is 35.6 Å². The lowest BCUT2D eigenvalue weighted by molar-refractivity contribution is 0.421.